The van der Waals surface area contributed by atoms with Crippen LogP contribution in [0.1, 0.15) is 38.5 Å². The van der Waals surface area contributed by atoms with Crippen molar-refractivity contribution < 1.29 is 4.79 Å². The summed E-state index contributed by atoms with van der Waals surface area (Å²) in [6.07, 6.45) is 12.0. The van der Waals surface area contributed by atoms with E-state index in [1.165, 1.54) is 18.9 Å². The summed E-state index contributed by atoms with van der Waals surface area (Å²) in [5, 5.41) is 5.42. The SMILES string of the molecule is C=CC(=O)N1CCN([C@@]23CCC[C@@](Nc4ncc(Cl)c(-c5c[nH]c6ccccc56)n4)(CC2)C3)CC1. The number of H-pyrrole nitrogens is 1. The van der Waals surface area contributed by atoms with Gasteiger partial charge in [0, 0.05) is 59.9 Å². The molecule has 2 aromatic heterocycles. The van der Waals surface area contributed by atoms with E-state index in [1.54, 1.807) is 6.20 Å². The quantitative estimate of drug-likeness (QED) is 0.499. The molecule has 1 aliphatic heterocycles. The third-order valence-corrected chi connectivity index (χ3v) is 8.71. The molecule has 3 heterocycles. The second-order valence-corrected chi connectivity index (χ2v) is 10.7. The number of carbonyl (C=O) groups excluding carboxylic acids is 1. The molecule has 7 nitrogen and oxygen atoms in total. The first-order chi connectivity index (χ1) is 17.0. The fraction of sp³-hybridized carbons (Fsp3) is 0.444. The lowest BCUT2D eigenvalue weighted by Crippen LogP contribution is -2.59. The van der Waals surface area contributed by atoms with Crippen molar-refractivity contribution in [3.63, 3.8) is 0 Å². The third kappa shape index (κ3) is 3.91. The molecule has 3 aliphatic rings. The second-order valence-electron chi connectivity index (χ2n) is 10.3. The number of piperazine rings is 1. The zero-order valence-electron chi connectivity index (χ0n) is 19.9. The molecule has 2 saturated carbocycles. The van der Waals surface area contributed by atoms with Crippen LogP contribution in [0.15, 0.2) is 49.3 Å². The number of amides is 1. The van der Waals surface area contributed by atoms with Gasteiger partial charge in [0.05, 0.1) is 16.9 Å². The highest BCUT2D eigenvalue weighted by Crippen LogP contribution is 2.52. The van der Waals surface area contributed by atoms with Crippen LogP contribution in [-0.2, 0) is 4.79 Å². The summed E-state index contributed by atoms with van der Waals surface area (Å²) >= 11 is 6.57. The normalized spacial score (nSPS) is 26.7. The minimum atomic E-state index is -0.00235. The van der Waals surface area contributed by atoms with Crippen molar-refractivity contribution in [2.24, 2.45) is 0 Å². The van der Waals surface area contributed by atoms with Crippen LogP contribution in [0.2, 0.25) is 5.02 Å². The number of anilines is 1. The van der Waals surface area contributed by atoms with E-state index >= 15 is 0 Å². The van der Waals surface area contributed by atoms with Crippen LogP contribution < -0.4 is 5.32 Å². The summed E-state index contributed by atoms with van der Waals surface area (Å²) in [6, 6.07) is 8.18. The largest absolute Gasteiger partial charge is 0.360 e. The molecule has 182 valence electrons. The van der Waals surface area contributed by atoms with Crippen LogP contribution in [-0.4, -0.2) is 67.9 Å². The van der Waals surface area contributed by atoms with Crippen LogP contribution in [0.5, 0.6) is 0 Å². The van der Waals surface area contributed by atoms with Gasteiger partial charge in [0.15, 0.2) is 0 Å². The van der Waals surface area contributed by atoms with Crippen LogP contribution in [0.4, 0.5) is 5.95 Å². The maximum absolute atomic E-state index is 12.0. The number of aromatic amines is 1. The van der Waals surface area contributed by atoms with Crippen molar-refractivity contribution in [3.05, 3.63) is 54.3 Å². The van der Waals surface area contributed by atoms with E-state index in [0.717, 1.165) is 74.0 Å². The van der Waals surface area contributed by atoms with Crippen molar-refractivity contribution in [2.45, 2.75) is 49.6 Å². The van der Waals surface area contributed by atoms with Crippen molar-refractivity contribution >= 4 is 34.4 Å². The molecule has 8 heteroatoms. The first-order valence-electron chi connectivity index (χ1n) is 12.5. The fourth-order valence-electron chi connectivity index (χ4n) is 6.71. The number of hydrogen-bond donors (Lipinski definition) is 2. The number of hydrogen-bond acceptors (Lipinski definition) is 5. The third-order valence-electron chi connectivity index (χ3n) is 8.44. The Morgan fingerprint density at radius 1 is 1.14 bits per heavy atom. The predicted molar refractivity (Wildman–Crippen MR) is 139 cm³/mol. The Labute approximate surface area is 210 Å². The predicted octanol–water partition coefficient (Wildman–Crippen LogP) is 4.87. The first kappa shape index (κ1) is 22.6. The van der Waals surface area contributed by atoms with Crippen molar-refractivity contribution in [1.29, 1.82) is 0 Å². The van der Waals surface area contributed by atoms with Crippen LogP contribution in [0.25, 0.3) is 22.2 Å². The van der Waals surface area contributed by atoms with Crippen LogP contribution >= 0.6 is 11.6 Å². The standard InChI is InChI=1S/C27H31ClN6O/c1-2-23(35)33-12-14-34(15-13-33)27-9-5-8-26(18-27,10-11-27)32-25-30-17-21(28)24(31-25)20-16-29-22-7-4-3-6-19(20)22/h2-4,6-7,16-17,29H,1,5,8-15,18H2,(H,30,31,32)/t26-,27+/m1/s1. The van der Waals surface area contributed by atoms with Gasteiger partial charge in [-0.2, -0.15) is 0 Å². The average molecular weight is 491 g/mol. The lowest BCUT2D eigenvalue weighted by molar-refractivity contribution is -0.129. The topological polar surface area (TPSA) is 77.2 Å². The van der Waals surface area contributed by atoms with Crippen molar-refractivity contribution in [1.82, 2.24) is 24.8 Å². The Bertz CT molecular complexity index is 1280. The number of para-hydroxylation sites is 1. The van der Waals surface area contributed by atoms with Gasteiger partial charge in [-0.15, -0.1) is 0 Å². The van der Waals surface area contributed by atoms with E-state index < -0.39 is 0 Å². The molecule has 1 aromatic carbocycles. The Morgan fingerprint density at radius 3 is 2.80 bits per heavy atom. The summed E-state index contributed by atoms with van der Waals surface area (Å²) in [5.74, 6) is 0.688. The minimum absolute atomic E-state index is 0.00235. The number of nitrogens with zero attached hydrogens (tertiary/aromatic N) is 4. The summed E-state index contributed by atoms with van der Waals surface area (Å²) in [7, 11) is 0. The van der Waals surface area contributed by atoms with E-state index in [-0.39, 0.29) is 17.0 Å². The van der Waals surface area contributed by atoms with E-state index in [9.17, 15) is 4.79 Å². The number of carbonyl (C=O) groups is 1. The molecule has 0 radical (unpaired) electrons. The van der Waals surface area contributed by atoms with Gasteiger partial charge in [-0.1, -0.05) is 36.4 Å². The minimum Gasteiger partial charge on any atom is -0.360 e. The molecule has 35 heavy (non-hydrogen) atoms. The molecule has 2 bridgehead atoms. The molecule has 6 rings (SSSR count). The number of halogens is 1. The van der Waals surface area contributed by atoms with Gasteiger partial charge >= 0.3 is 0 Å². The summed E-state index contributed by atoms with van der Waals surface area (Å²) < 4.78 is 0. The molecule has 1 amide bonds. The molecule has 3 aromatic rings. The molecular weight excluding hydrogens is 460 g/mol. The lowest BCUT2D eigenvalue weighted by Gasteiger charge is -2.49. The monoisotopic (exact) mass is 490 g/mol. The molecule has 2 aliphatic carbocycles. The second kappa shape index (κ2) is 8.64. The lowest BCUT2D eigenvalue weighted by atomic mass is 9.77. The van der Waals surface area contributed by atoms with Gasteiger partial charge in [0.2, 0.25) is 11.9 Å². The van der Waals surface area contributed by atoms with Crippen molar-refractivity contribution in [2.75, 3.05) is 31.5 Å². The molecule has 2 atom stereocenters. The summed E-state index contributed by atoms with van der Waals surface area (Å²) in [6.45, 7) is 7.05. The highest BCUT2D eigenvalue weighted by Gasteiger charge is 2.54. The van der Waals surface area contributed by atoms with E-state index in [4.69, 9.17) is 16.6 Å². The Morgan fingerprint density at radius 2 is 1.97 bits per heavy atom. The Balaban J connectivity index is 1.22. The maximum Gasteiger partial charge on any atom is 0.246 e. The van der Waals surface area contributed by atoms with Gasteiger partial charge in [0.25, 0.3) is 0 Å². The van der Waals surface area contributed by atoms with Gasteiger partial charge < -0.3 is 15.2 Å². The van der Waals surface area contributed by atoms with Gasteiger partial charge in [-0.05, 0) is 50.7 Å². The van der Waals surface area contributed by atoms with Crippen LogP contribution in [0.3, 0.4) is 0 Å². The Hall–Kier alpha value is -2.90. The van der Waals surface area contributed by atoms with Crippen LogP contribution in [0, 0.1) is 0 Å². The summed E-state index contributed by atoms with van der Waals surface area (Å²) in [4.78, 5) is 29.4. The van der Waals surface area contributed by atoms with Gasteiger partial charge in [-0.3, -0.25) is 9.69 Å². The smallest absolute Gasteiger partial charge is 0.246 e. The van der Waals surface area contributed by atoms with E-state index in [1.807, 2.05) is 23.2 Å². The number of aromatic nitrogens is 3. The molecule has 2 N–H and O–H groups in total. The zero-order valence-corrected chi connectivity index (χ0v) is 20.7. The average Bonchev–Trinajstić information content (AvgIpc) is 3.43. The van der Waals surface area contributed by atoms with E-state index in [2.05, 4.69) is 38.9 Å². The molecule has 1 saturated heterocycles. The van der Waals surface area contributed by atoms with Crippen molar-refractivity contribution in [3.8, 4) is 11.3 Å². The number of rotatable bonds is 5. The maximum atomic E-state index is 12.0. The number of nitrogens with one attached hydrogen (secondary N) is 2. The Kier molecular flexibility index (Phi) is 5.57. The van der Waals surface area contributed by atoms with Gasteiger partial charge in [0.1, 0.15) is 0 Å². The molecule has 0 unspecified atom stereocenters. The van der Waals surface area contributed by atoms with E-state index in [0.29, 0.717) is 11.0 Å². The zero-order chi connectivity index (χ0) is 24.0. The van der Waals surface area contributed by atoms with Gasteiger partial charge in [-0.25, -0.2) is 9.97 Å². The number of benzene rings is 1. The molecule has 3 fully saturated rings. The summed E-state index contributed by atoms with van der Waals surface area (Å²) in [5.41, 5.74) is 3.00. The highest BCUT2D eigenvalue weighted by molar-refractivity contribution is 6.33. The highest BCUT2D eigenvalue weighted by atomic mass is 35.5. The molecule has 0 spiro atoms. The first-order valence-corrected chi connectivity index (χ1v) is 12.9. The number of fused-ring (bicyclic) bond motifs is 3. The fourth-order valence-corrected chi connectivity index (χ4v) is 6.90. The molecular formula is C27H31ClN6O.